The van der Waals surface area contributed by atoms with E-state index in [4.69, 9.17) is 4.74 Å². The molecule has 2 amide bonds. The summed E-state index contributed by atoms with van der Waals surface area (Å²) in [6.07, 6.45) is 0. The second-order valence-corrected chi connectivity index (χ2v) is 5.24. The molecule has 0 atom stereocenters. The van der Waals surface area contributed by atoms with Gasteiger partial charge in [-0.1, -0.05) is 13.8 Å². The van der Waals surface area contributed by atoms with Gasteiger partial charge in [-0.05, 0) is 13.1 Å². The molecule has 114 valence electrons. The van der Waals surface area contributed by atoms with Crippen LogP contribution < -0.4 is 10.6 Å². The number of carbonyl (C=O) groups excluding carboxylic acids is 1. The van der Waals surface area contributed by atoms with Crippen molar-refractivity contribution >= 4 is 17.4 Å². The monoisotopic (exact) mass is 300 g/mol. The maximum absolute atomic E-state index is 11.5. The standard InChI is InChI=1S/C13H24N4O2S/c1-4-17(5-2)9-11-10-20-12(16-11)8-15-13(18)14-6-7-19-3/h10H,4-9H2,1-3H3,(H2,14,15,18). The molecule has 20 heavy (non-hydrogen) atoms. The second-order valence-electron chi connectivity index (χ2n) is 4.30. The van der Waals surface area contributed by atoms with E-state index in [0.29, 0.717) is 19.7 Å². The highest BCUT2D eigenvalue weighted by molar-refractivity contribution is 7.09. The summed E-state index contributed by atoms with van der Waals surface area (Å²) in [5.41, 5.74) is 1.07. The number of amides is 2. The minimum absolute atomic E-state index is 0.192. The molecule has 0 saturated carbocycles. The van der Waals surface area contributed by atoms with Crippen LogP contribution in [-0.4, -0.2) is 49.3 Å². The van der Waals surface area contributed by atoms with E-state index in [2.05, 4.69) is 39.7 Å². The Labute approximate surface area is 124 Å². The molecule has 0 bridgehead atoms. The minimum atomic E-state index is -0.192. The lowest BCUT2D eigenvalue weighted by Crippen LogP contribution is -2.36. The summed E-state index contributed by atoms with van der Waals surface area (Å²) in [6.45, 7) is 8.66. The van der Waals surface area contributed by atoms with Gasteiger partial charge in [-0.25, -0.2) is 9.78 Å². The predicted molar refractivity (Wildman–Crippen MR) is 80.9 cm³/mol. The van der Waals surface area contributed by atoms with Crippen LogP contribution in [0.2, 0.25) is 0 Å². The number of hydrogen-bond acceptors (Lipinski definition) is 5. The third-order valence-electron chi connectivity index (χ3n) is 2.87. The first-order chi connectivity index (χ1) is 9.69. The molecule has 1 aromatic heterocycles. The van der Waals surface area contributed by atoms with E-state index in [9.17, 15) is 4.79 Å². The summed E-state index contributed by atoms with van der Waals surface area (Å²) < 4.78 is 4.86. The van der Waals surface area contributed by atoms with Crippen molar-refractivity contribution in [2.45, 2.75) is 26.9 Å². The Hall–Kier alpha value is -1.18. The largest absolute Gasteiger partial charge is 0.383 e. The van der Waals surface area contributed by atoms with E-state index in [-0.39, 0.29) is 6.03 Å². The zero-order valence-corrected chi connectivity index (χ0v) is 13.3. The van der Waals surface area contributed by atoms with Crippen LogP contribution in [0.3, 0.4) is 0 Å². The summed E-state index contributed by atoms with van der Waals surface area (Å²) in [6, 6.07) is -0.192. The first-order valence-electron chi connectivity index (χ1n) is 6.85. The van der Waals surface area contributed by atoms with Crippen LogP contribution in [0.4, 0.5) is 4.79 Å². The number of aromatic nitrogens is 1. The molecule has 7 heteroatoms. The zero-order valence-electron chi connectivity index (χ0n) is 12.4. The van der Waals surface area contributed by atoms with Crippen LogP contribution in [0, 0.1) is 0 Å². The quantitative estimate of drug-likeness (QED) is 0.677. The molecule has 0 unspecified atom stereocenters. The van der Waals surface area contributed by atoms with Gasteiger partial charge in [0.25, 0.3) is 0 Å². The molecule has 0 aliphatic heterocycles. The molecular weight excluding hydrogens is 276 g/mol. The molecule has 6 nitrogen and oxygen atoms in total. The fraction of sp³-hybridized carbons (Fsp3) is 0.692. The fourth-order valence-electron chi connectivity index (χ4n) is 1.66. The third kappa shape index (κ3) is 6.31. The Morgan fingerprint density at radius 3 is 2.80 bits per heavy atom. The van der Waals surface area contributed by atoms with Gasteiger partial charge in [0.05, 0.1) is 18.8 Å². The number of nitrogens with one attached hydrogen (secondary N) is 2. The van der Waals surface area contributed by atoms with Crippen molar-refractivity contribution in [3.8, 4) is 0 Å². The lowest BCUT2D eigenvalue weighted by atomic mass is 10.4. The van der Waals surface area contributed by atoms with E-state index in [1.165, 1.54) is 0 Å². The van der Waals surface area contributed by atoms with Crippen molar-refractivity contribution in [3.05, 3.63) is 16.1 Å². The molecule has 1 rings (SSSR count). The molecule has 0 spiro atoms. The van der Waals surface area contributed by atoms with E-state index in [1.807, 2.05) is 0 Å². The number of rotatable bonds is 9. The summed E-state index contributed by atoms with van der Waals surface area (Å²) >= 11 is 1.58. The SMILES string of the molecule is CCN(CC)Cc1csc(CNC(=O)NCCOC)n1. The summed E-state index contributed by atoms with van der Waals surface area (Å²) in [7, 11) is 1.60. The van der Waals surface area contributed by atoms with Gasteiger partial charge in [0.2, 0.25) is 0 Å². The van der Waals surface area contributed by atoms with E-state index in [1.54, 1.807) is 18.4 Å². The number of hydrogen-bond donors (Lipinski definition) is 2. The first kappa shape index (κ1) is 16.9. The number of methoxy groups -OCH3 is 1. The van der Waals surface area contributed by atoms with E-state index >= 15 is 0 Å². The maximum atomic E-state index is 11.5. The van der Waals surface area contributed by atoms with Crippen LogP contribution in [-0.2, 0) is 17.8 Å². The Kier molecular flexibility index (Phi) is 8.17. The van der Waals surface area contributed by atoms with E-state index < -0.39 is 0 Å². The summed E-state index contributed by atoms with van der Waals surface area (Å²) in [5.74, 6) is 0. The molecule has 0 aliphatic rings. The van der Waals surface area contributed by atoms with Crippen LogP contribution in [0.25, 0.3) is 0 Å². The third-order valence-corrected chi connectivity index (χ3v) is 3.77. The average molecular weight is 300 g/mol. The Bertz CT molecular complexity index is 393. The number of ether oxygens (including phenoxy) is 1. The van der Waals surface area contributed by atoms with Gasteiger partial charge in [-0.2, -0.15) is 0 Å². The molecule has 0 saturated heterocycles. The highest BCUT2D eigenvalue weighted by Crippen LogP contribution is 2.11. The number of nitrogens with zero attached hydrogens (tertiary/aromatic N) is 2. The summed E-state index contributed by atoms with van der Waals surface area (Å²) in [5, 5.41) is 8.46. The average Bonchev–Trinajstić information content (AvgIpc) is 2.90. The molecule has 0 aliphatic carbocycles. The molecule has 1 aromatic rings. The van der Waals surface area contributed by atoms with Gasteiger partial charge >= 0.3 is 6.03 Å². The minimum Gasteiger partial charge on any atom is -0.383 e. The van der Waals surface area contributed by atoms with Crippen LogP contribution in [0.5, 0.6) is 0 Å². The van der Waals surface area contributed by atoms with Gasteiger partial charge in [0.1, 0.15) is 5.01 Å². The van der Waals surface area contributed by atoms with Crippen LogP contribution in [0.1, 0.15) is 24.5 Å². The van der Waals surface area contributed by atoms with Crippen molar-refractivity contribution in [2.24, 2.45) is 0 Å². The van der Waals surface area contributed by atoms with Gasteiger partial charge in [-0.15, -0.1) is 11.3 Å². The highest BCUT2D eigenvalue weighted by Gasteiger charge is 2.07. The van der Waals surface area contributed by atoms with Crippen molar-refractivity contribution in [1.29, 1.82) is 0 Å². The number of carbonyl (C=O) groups is 1. The maximum Gasteiger partial charge on any atom is 0.315 e. The fourth-order valence-corrected chi connectivity index (χ4v) is 2.39. The Morgan fingerprint density at radius 1 is 1.40 bits per heavy atom. The molecule has 1 heterocycles. The molecule has 0 fully saturated rings. The number of thiazole rings is 1. The Balaban J connectivity index is 2.31. The second kappa shape index (κ2) is 9.68. The van der Waals surface area contributed by atoms with Crippen molar-refractivity contribution in [3.63, 3.8) is 0 Å². The molecule has 0 aromatic carbocycles. The van der Waals surface area contributed by atoms with Crippen molar-refractivity contribution in [2.75, 3.05) is 33.4 Å². The van der Waals surface area contributed by atoms with Gasteiger partial charge in [0, 0.05) is 25.6 Å². The predicted octanol–water partition coefficient (Wildman–Crippen LogP) is 1.43. The number of urea groups is 1. The van der Waals surface area contributed by atoms with Gasteiger partial charge in [0.15, 0.2) is 0 Å². The van der Waals surface area contributed by atoms with Crippen molar-refractivity contribution < 1.29 is 9.53 Å². The Morgan fingerprint density at radius 2 is 2.15 bits per heavy atom. The van der Waals surface area contributed by atoms with Crippen molar-refractivity contribution in [1.82, 2.24) is 20.5 Å². The lowest BCUT2D eigenvalue weighted by molar-refractivity contribution is 0.196. The van der Waals surface area contributed by atoms with Gasteiger partial charge in [-0.3, -0.25) is 4.90 Å². The normalized spacial score (nSPS) is 10.8. The topological polar surface area (TPSA) is 66.5 Å². The molecule has 0 radical (unpaired) electrons. The highest BCUT2D eigenvalue weighted by atomic mass is 32.1. The van der Waals surface area contributed by atoms with Crippen LogP contribution >= 0.6 is 11.3 Å². The lowest BCUT2D eigenvalue weighted by Gasteiger charge is -2.15. The molecular formula is C13H24N4O2S. The zero-order chi connectivity index (χ0) is 14.8. The molecule has 2 N–H and O–H groups in total. The smallest absolute Gasteiger partial charge is 0.315 e. The van der Waals surface area contributed by atoms with Gasteiger partial charge < -0.3 is 15.4 Å². The van der Waals surface area contributed by atoms with E-state index in [0.717, 1.165) is 30.3 Å². The van der Waals surface area contributed by atoms with Crippen LogP contribution in [0.15, 0.2) is 5.38 Å². The first-order valence-corrected chi connectivity index (χ1v) is 7.73. The summed E-state index contributed by atoms with van der Waals surface area (Å²) in [4.78, 5) is 18.3.